The Bertz CT molecular complexity index is 151. The lowest BCUT2D eigenvalue weighted by atomic mass is 10.2. The van der Waals surface area contributed by atoms with E-state index in [2.05, 4.69) is 17.0 Å². The van der Waals surface area contributed by atoms with Gasteiger partial charge < -0.3 is 10.1 Å². The summed E-state index contributed by atoms with van der Waals surface area (Å²) in [5.41, 5.74) is 0. The van der Waals surface area contributed by atoms with Crippen LogP contribution in [0.5, 0.6) is 0 Å². The Labute approximate surface area is 95.5 Å². The molecule has 0 radical (unpaired) electrons. The molecule has 0 atom stereocenters. The molecule has 0 aromatic rings. The number of nitrogens with one attached hydrogen (secondary N) is 1. The van der Waals surface area contributed by atoms with Gasteiger partial charge in [0.1, 0.15) is 6.61 Å². The van der Waals surface area contributed by atoms with Crippen molar-refractivity contribution in [2.45, 2.75) is 45.2 Å². The molecule has 2 nitrogen and oxygen atoms in total. The van der Waals surface area contributed by atoms with Gasteiger partial charge in [0.2, 0.25) is 0 Å². The molecule has 5 heteroatoms. The molecule has 16 heavy (non-hydrogen) atoms. The van der Waals surface area contributed by atoms with Crippen molar-refractivity contribution in [3.8, 4) is 0 Å². The van der Waals surface area contributed by atoms with E-state index in [1.807, 2.05) is 0 Å². The number of alkyl halides is 3. The molecule has 0 rings (SSSR count). The van der Waals surface area contributed by atoms with Gasteiger partial charge in [-0.25, -0.2) is 0 Å². The lowest BCUT2D eigenvalue weighted by Gasteiger charge is -2.07. The molecule has 0 fully saturated rings. The summed E-state index contributed by atoms with van der Waals surface area (Å²) < 4.78 is 39.5. The first-order valence-corrected chi connectivity index (χ1v) is 5.91. The molecule has 0 aliphatic carbocycles. The van der Waals surface area contributed by atoms with Gasteiger partial charge in [-0.1, -0.05) is 19.8 Å². The zero-order valence-electron chi connectivity index (χ0n) is 9.91. The first kappa shape index (κ1) is 15.7. The van der Waals surface area contributed by atoms with Crippen molar-refractivity contribution in [1.29, 1.82) is 0 Å². The van der Waals surface area contributed by atoms with Crippen molar-refractivity contribution in [2.24, 2.45) is 0 Å². The van der Waals surface area contributed by atoms with E-state index in [4.69, 9.17) is 0 Å². The average Bonchev–Trinajstić information content (AvgIpc) is 2.19. The summed E-state index contributed by atoms with van der Waals surface area (Å²) in [5.74, 6) is 0. The standard InChI is InChI=1S/C11H22F3NO/c1-2-7-15-8-5-3-4-6-9-16-10-11(12,13)14/h15H,2-10H2,1H3. The smallest absolute Gasteiger partial charge is 0.372 e. The van der Waals surface area contributed by atoms with Gasteiger partial charge in [0.15, 0.2) is 0 Å². The Morgan fingerprint density at radius 1 is 1.00 bits per heavy atom. The molecule has 0 unspecified atom stereocenters. The second-order valence-electron chi connectivity index (χ2n) is 3.83. The molecule has 0 heterocycles. The molecule has 0 aromatic carbocycles. The molecule has 0 spiro atoms. The average molecular weight is 241 g/mol. The number of unbranched alkanes of at least 4 members (excludes halogenated alkanes) is 3. The third kappa shape index (κ3) is 13.7. The maximum Gasteiger partial charge on any atom is 0.411 e. The minimum Gasteiger partial charge on any atom is -0.372 e. The molecule has 0 saturated heterocycles. The number of ether oxygens (including phenoxy) is 1. The third-order valence-corrected chi connectivity index (χ3v) is 2.08. The quantitative estimate of drug-likeness (QED) is 0.593. The van der Waals surface area contributed by atoms with Crippen LogP contribution >= 0.6 is 0 Å². The van der Waals surface area contributed by atoms with Gasteiger partial charge in [-0.15, -0.1) is 0 Å². The van der Waals surface area contributed by atoms with Crippen LogP contribution in [0.25, 0.3) is 0 Å². The Kier molecular flexibility index (Phi) is 9.72. The molecule has 0 aliphatic heterocycles. The lowest BCUT2D eigenvalue weighted by Crippen LogP contribution is -2.17. The largest absolute Gasteiger partial charge is 0.411 e. The molecule has 98 valence electrons. The first-order valence-electron chi connectivity index (χ1n) is 5.91. The van der Waals surface area contributed by atoms with Crippen molar-refractivity contribution in [3.63, 3.8) is 0 Å². The Hall–Kier alpha value is -0.290. The first-order chi connectivity index (χ1) is 7.56. The van der Waals surface area contributed by atoms with Gasteiger partial charge in [-0.3, -0.25) is 0 Å². The van der Waals surface area contributed by atoms with Crippen molar-refractivity contribution in [2.75, 3.05) is 26.3 Å². The second kappa shape index (κ2) is 9.90. The van der Waals surface area contributed by atoms with Crippen LogP contribution in [-0.4, -0.2) is 32.5 Å². The van der Waals surface area contributed by atoms with Gasteiger partial charge in [0.25, 0.3) is 0 Å². The number of rotatable bonds is 10. The summed E-state index contributed by atoms with van der Waals surface area (Å²) in [6, 6.07) is 0. The van der Waals surface area contributed by atoms with Crippen LogP contribution in [0.15, 0.2) is 0 Å². The highest BCUT2D eigenvalue weighted by atomic mass is 19.4. The van der Waals surface area contributed by atoms with Crippen LogP contribution in [-0.2, 0) is 4.74 Å². The summed E-state index contributed by atoms with van der Waals surface area (Å²) >= 11 is 0. The Morgan fingerprint density at radius 3 is 2.31 bits per heavy atom. The molecule has 0 saturated carbocycles. The Morgan fingerprint density at radius 2 is 1.69 bits per heavy atom. The van der Waals surface area contributed by atoms with Crippen molar-refractivity contribution in [3.05, 3.63) is 0 Å². The van der Waals surface area contributed by atoms with Crippen molar-refractivity contribution in [1.82, 2.24) is 5.32 Å². The summed E-state index contributed by atoms with van der Waals surface area (Å²) in [5, 5.41) is 3.28. The van der Waals surface area contributed by atoms with Gasteiger partial charge in [0.05, 0.1) is 0 Å². The molecule has 0 amide bonds. The second-order valence-corrected chi connectivity index (χ2v) is 3.83. The van der Waals surface area contributed by atoms with E-state index >= 15 is 0 Å². The zero-order chi connectivity index (χ0) is 12.3. The normalized spacial score (nSPS) is 12.0. The van der Waals surface area contributed by atoms with Crippen LogP contribution in [0, 0.1) is 0 Å². The number of hydrogen-bond acceptors (Lipinski definition) is 2. The molecular formula is C11H22F3NO. The van der Waals surface area contributed by atoms with Gasteiger partial charge >= 0.3 is 6.18 Å². The monoisotopic (exact) mass is 241 g/mol. The number of halogens is 3. The fourth-order valence-corrected chi connectivity index (χ4v) is 1.30. The summed E-state index contributed by atoms with van der Waals surface area (Å²) in [6.45, 7) is 3.24. The molecular weight excluding hydrogens is 219 g/mol. The minimum atomic E-state index is -4.19. The SMILES string of the molecule is CCCNCCCCCCOCC(F)(F)F. The van der Waals surface area contributed by atoms with Crippen molar-refractivity contribution >= 4 is 0 Å². The van der Waals surface area contributed by atoms with E-state index < -0.39 is 12.8 Å². The van der Waals surface area contributed by atoms with Crippen LogP contribution in [0.2, 0.25) is 0 Å². The van der Waals surface area contributed by atoms with Crippen LogP contribution < -0.4 is 5.32 Å². The molecule has 0 aromatic heterocycles. The van der Waals surface area contributed by atoms with E-state index in [-0.39, 0.29) is 6.61 Å². The predicted octanol–water partition coefficient (Wildman–Crippen LogP) is 3.13. The van der Waals surface area contributed by atoms with Crippen LogP contribution in [0.3, 0.4) is 0 Å². The zero-order valence-corrected chi connectivity index (χ0v) is 9.91. The number of hydrogen-bond donors (Lipinski definition) is 1. The summed E-state index contributed by atoms with van der Waals surface area (Å²) in [7, 11) is 0. The van der Waals surface area contributed by atoms with Gasteiger partial charge in [-0.2, -0.15) is 13.2 Å². The highest BCUT2D eigenvalue weighted by Gasteiger charge is 2.26. The van der Waals surface area contributed by atoms with Gasteiger partial charge in [-0.05, 0) is 32.4 Å². The fourth-order valence-electron chi connectivity index (χ4n) is 1.30. The third-order valence-electron chi connectivity index (χ3n) is 2.08. The molecule has 0 bridgehead atoms. The van der Waals surface area contributed by atoms with E-state index in [1.165, 1.54) is 0 Å². The van der Waals surface area contributed by atoms with E-state index in [1.54, 1.807) is 0 Å². The van der Waals surface area contributed by atoms with Gasteiger partial charge in [0, 0.05) is 6.61 Å². The minimum absolute atomic E-state index is 0.210. The maximum absolute atomic E-state index is 11.7. The van der Waals surface area contributed by atoms with Crippen LogP contribution in [0.4, 0.5) is 13.2 Å². The highest BCUT2D eigenvalue weighted by Crippen LogP contribution is 2.14. The van der Waals surface area contributed by atoms with Crippen molar-refractivity contribution < 1.29 is 17.9 Å². The fraction of sp³-hybridized carbons (Fsp3) is 1.00. The molecule has 1 N–H and O–H groups in total. The van der Waals surface area contributed by atoms with Crippen LogP contribution in [0.1, 0.15) is 39.0 Å². The molecule has 0 aliphatic rings. The van der Waals surface area contributed by atoms with E-state index in [0.717, 1.165) is 38.8 Å². The highest BCUT2D eigenvalue weighted by molar-refractivity contribution is 4.49. The Balaban J connectivity index is 2.99. The summed E-state index contributed by atoms with van der Waals surface area (Å²) in [6.07, 6.45) is 0.718. The predicted molar refractivity (Wildman–Crippen MR) is 58.5 cm³/mol. The lowest BCUT2D eigenvalue weighted by molar-refractivity contribution is -0.174. The van der Waals surface area contributed by atoms with E-state index in [0.29, 0.717) is 6.42 Å². The van der Waals surface area contributed by atoms with E-state index in [9.17, 15) is 13.2 Å². The summed E-state index contributed by atoms with van der Waals surface area (Å²) in [4.78, 5) is 0. The topological polar surface area (TPSA) is 21.3 Å². The maximum atomic E-state index is 11.7.